The highest BCUT2D eigenvalue weighted by Crippen LogP contribution is 2.02. The van der Waals surface area contributed by atoms with Crippen LogP contribution in [0.2, 0.25) is 0 Å². The van der Waals surface area contributed by atoms with Gasteiger partial charge in [-0.25, -0.2) is 4.79 Å². The lowest BCUT2D eigenvalue weighted by molar-refractivity contribution is 0.0648. The Balaban J connectivity index is 1.94. The molecule has 0 aliphatic carbocycles. The molecule has 0 aromatic heterocycles. The Morgan fingerprint density at radius 1 is 1.20 bits per heavy atom. The SMILES string of the molecule is CC(C)CCCNC(=O)OCCOCc1ccccc1. The molecule has 1 aromatic carbocycles. The summed E-state index contributed by atoms with van der Waals surface area (Å²) in [5, 5.41) is 2.73. The molecule has 0 atom stereocenters. The van der Waals surface area contributed by atoms with Crippen LogP contribution in [-0.4, -0.2) is 25.9 Å². The minimum atomic E-state index is -0.364. The van der Waals surface area contributed by atoms with Crippen LogP contribution < -0.4 is 5.32 Å². The van der Waals surface area contributed by atoms with Crippen LogP contribution in [0.1, 0.15) is 32.3 Å². The third-order valence-corrected chi connectivity index (χ3v) is 2.80. The molecular formula is C16H25NO3. The molecule has 1 N–H and O–H groups in total. The van der Waals surface area contributed by atoms with E-state index in [2.05, 4.69) is 19.2 Å². The van der Waals surface area contributed by atoms with Crippen LogP contribution in [0.5, 0.6) is 0 Å². The van der Waals surface area contributed by atoms with Crippen molar-refractivity contribution in [1.82, 2.24) is 5.32 Å². The van der Waals surface area contributed by atoms with Crippen molar-refractivity contribution >= 4 is 6.09 Å². The van der Waals surface area contributed by atoms with E-state index >= 15 is 0 Å². The Bertz CT molecular complexity index is 365. The summed E-state index contributed by atoms with van der Waals surface area (Å²) in [6.45, 7) is 6.24. The molecule has 0 radical (unpaired) electrons. The lowest BCUT2D eigenvalue weighted by atomic mass is 10.1. The van der Waals surface area contributed by atoms with Crippen LogP contribution >= 0.6 is 0 Å². The number of amides is 1. The van der Waals surface area contributed by atoms with Crippen LogP contribution in [0.15, 0.2) is 30.3 Å². The molecular weight excluding hydrogens is 254 g/mol. The number of alkyl carbamates (subject to hydrolysis) is 1. The monoisotopic (exact) mass is 279 g/mol. The van der Waals surface area contributed by atoms with Gasteiger partial charge in [-0.05, 0) is 24.3 Å². The fourth-order valence-corrected chi connectivity index (χ4v) is 1.71. The maximum atomic E-state index is 11.3. The van der Waals surface area contributed by atoms with Crippen LogP contribution in [0, 0.1) is 5.92 Å². The van der Waals surface area contributed by atoms with E-state index in [1.807, 2.05) is 30.3 Å². The van der Waals surface area contributed by atoms with Gasteiger partial charge in [0.2, 0.25) is 0 Å². The molecule has 20 heavy (non-hydrogen) atoms. The highest BCUT2D eigenvalue weighted by Gasteiger charge is 2.01. The van der Waals surface area contributed by atoms with Gasteiger partial charge in [-0.1, -0.05) is 44.2 Å². The van der Waals surface area contributed by atoms with Gasteiger partial charge in [0, 0.05) is 6.54 Å². The maximum absolute atomic E-state index is 11.3. The third-order valence-electron chi connectivity index (χ3n) is 2.80. The van der Waals surface area contributed by atoms with E-state index in [0.29, 0.717) is 25.7 Å². The van der Waals surface area contributed by atoms with Crippen molar-refractivity contribution < 1.29 is 14.3 Å². The number of carbonyl (C=O) groups is 1. The van der Waals surface area contributed by atoms with E-state index in [1.54, 1.807) is 0 Å². The summed E-state index contributed by atoms with van der Waals surface area (Å²) in [4.78, 5) is 11.3. The molecule has 1 rings (SSSR count). The highest BCUT2D eigenvalue weighted by molar-refractivity contribution is 5.66. The summed E-state index contributed by atoms with van der Waals surface area (Å²) < 4.78 is 10.4. The molecule has 112 valence electrons. The van der Waals surface area contributed by atoms with Crippen LogP contribution in [0.4, 0.5) is 4.79 Å². The predicted molar refractivity (Wildman–Crippen MR) is 79.5 cm³/mol. The van der Waals surface area contributed by atoms with Crippen molar-refractivity contribution in [2.45, 2.75) is 33.3 Å². The molecule has 0 bridgehead atoms. The van der Waals surface area contributed by atoms with E-state index in [1.165, 1.54) is 0 Å². The van der Waals surface area contributed by atoms with Gasteiger partial charge in [-0.2, -0.15) is 0 Å². The minimum Gasteiger partial charge on any atom is -0.447 e. The summed E-state index contributed by atoms with van der Waals surface area (Å²) in [6, 6.07) is 9.92. The molecule has 0 heterocycles. The first-order valence-electron chi connectivity index (χ1n) is 7.21. The maximum Gasteiger partial charge on any atom is 0.407 e. The second kappa shape index (κ2) is 10.3. The third kappa shape index (κ3) is 8.53. The summed E-state index contributed by atoms with van der Waals surface area (Å²) in [6.07, 6.45) is 1.73. The normalized spacial score (nSPS) is 10.6. The van der Waals surface area contributed by atoms with Gasteiger partial charge in [-0.15, -0.1) is 0 Å². The van der Waals surface area contributed by atoms with E-state index < -0.39 is 0 Å². The Kier molecular flexibility index (Phi) is 8.47. The molecule has 0 spiro atoms. The molecule has 0 fully saturated rings. The van der Waals surface area contributed by atoms with Crippen molar-refractivity contribution in [3.63, 3.8) is 0 Å². The first kappa shape index (κ1) is 16.5. The molecule has 4 nitrogen and oxygen atoms in total. The topological polar surface area (TPSA) is 47.6 Å². The zero-order valence-electron chi connectivity index (χ0n) is 12.4. The van der Waals surface area contributed by atoms with Gasteiger partial charge < -0.3 is 14.8 Å². The zero-order valence-corrected chi connectivity index (χ0v) is 12.4. The molecule has 4 heteroatoms. The standard InChI is InChI=1S/C16H25NO3/c1-14(2)7-6-10-17-16(18)20-12-11-19-13-15-8-4-3-5-9-15/h3-5,8-9,14H,6-7,10-13H2,1-2H3,(H,17,18). The second-order valence-electron chi connectivity index (χ2n) is 5.14. The van der Waals surface area contributed by atoms with Gasteiger partial charge in [0.05, 0.1) is 13.2 Å². The Hall–Kier alpha value is -1.55. The Morgan fingerprint density at radius 2 is 1.95 bits per heavy atom. The smallest absolute Gasteiger partial charge is 0.407 e. The van der Waals surface area contributed by atoms with Crippen molar-refractivity contribution in [3.8, 4) is 0 Å². The lowest BCUT2D eigenvalue weighted by Gasteiger charge is -2.08. The van der Waals surface area contributed by atoms with Crippen molar-refractivity contribution in [2.75, 3.05) is 19.8 Å². The first-order valence-corrected chi connectivity index (χ1v) is 7.21. The Labute approximate surface area is 121 Å². The predicted octanol–water partition coefficient (Wildman–Crippen LogP) is 3.37. The van der Waals surface area contributed by atoms with Crippen molar-refractivity contribution in [1.29, 1.82) is 0 Å². The summed E-state index contributed by atoms with van der Waals surface area (Å²) in [5.41, 5.74) is 1.12. The van der Waals surface area contributed by atoms with Crippen molar-refractivity contribution in [2.24, 2.45) is 5.92 Å². The number of hydrogen-bond donors (Lipinski definition) is 1. The van der Waals surface area contributed by atoms with E-state index in [0.717, 1.165) is 18.4 Å². The number of benzene rings is 1. The summed E-state index contributed by atoms with van der Waals surface area (Å²) in [5.74, 6) is 0.666. The van der Waals surface area contributed by atoms with Crippen LogP contribution in [0.3, 0.4) is 0 Å². The Morgan fingerprint density at radius 3 is 2.65 bits per heavy atom. The lowest BCUT2D eigenvalue weighted by Crippen LogP contribution is -2.26. The minimum absolute atomic E-state index is 0.281. The average Bonchev–Trinajstić information content (AvgIpc) is 2.44. The van der Waals surface area contributed by atoms with Gasteiger partial charge in [0.15, 0.2) is 0 Å². The fourth-order valence-electron chi connectivity index (χ4n) is 1.71. The number of rotatable bonds is 9. The highest BCUT2D eigenvalue weighted by atomic mass is 16.6. The first-order chi connectivity index (χ1) is 9.68. The number of ether oxygens (including phenoxy) is 2. The molecule has 1 aromatic rings. The zero-order chi connectivity index (χ0) is 14.6. The van der Waals surface area contributed by atoms with Gasteiger partial charge in [0.1, 0.15) is 6.61 Å². The quantitative estimate of drug-likeness (QED) is 0.705. The van der Waals surface area contributed by atoms with Crippen LogP contribution in [-0.2, 0) is 16.1 Å². The summed E-state index contributed by atoms with van der Waals surface area (Å²) >= 11 is 0. The van der Waals surface area contributed by atoms with Gasteiger partial charge in [0.25, 0.3) is 0 Å². The molecule has 0 aliphatic rings. The fraction of sp³-hybridized carbons (Fsp3) is 0.562. The average molecular weight is 279 g/mol. The van der Waals surface area contributed by atoms with E-state index in [4.69, 9.17) is 9.47 Å². The van der Waals surface area contributed by atoms with E-state index in [9.17, 15) is 4.79 Å². The van der Waals surface area contributed by atoms with Crippen molar-refractivity contribution in [3.05, 3.63) is 35.9 Å². The van der Waals surface area contributed by atoms with Crippen LogP contribution in [0.25, 0.3) is 0 Å². The molecule has 0 saturated carbocycles. The van der Waals surface area contributed by atoms with Gasteiger partial charge >= 0.3 is 6.09 Å². The summed E-state index contributed by atoms with van der Waals surface area (Å²) in [7, 11) is 0. The number of hydrogen-bond acceptors (Lipinski definition) is 3. The molecule has 1 amide bonds. The number of carbonyl (C=O) groups excluding carboxylic acids is 1. The van der Waals surface area contributed by atoms with E-state index in [-0.39, 0.29) is 12.7 Å². The molecule has 0 unspecified atom stereocenters. The largest absolute Gasteiger partial charge is 0.447 e. The number of nitrogens with one attached hydrogen (secondary N) is 1. The second-order valence-corrected chi connectivity index (χ2v) is 5.14. The molecule has 0 saturated heterocycles. The molecule has 0 aliphatic heterocycles. The van der Waals surface area contributed by atoms with Gasteiger partial charge in [-0.3, -0.25) is 0 Å².